The summed E-state index contributed by atoms with van der Waals surface area (Å²) in [6.07, 6.45) is 3.52. The van der Waals surface area contributed by atoms with Gasteiger partial charge >= 0.3 is 0 Å². The van der Waals surface area contributed by atoms with Crippen LogP contribution in [-0.4, -0.2) is 9.97 Å². The fourth-order valence-electron chi connectivity index (χ4n) is 6.70. The van der Waals surface area contributed by atoms with Crippen molar-refractivity contribution in [2.45, 2.75) is 38.5 Å². The number of aromatic nitrogens is 2. The van der Waals surface area contributed by atoms with Crippen molar-refractivity contribution in [3.8, 4) is 33.6 Å². The molecule has 2 nitrogen and oxygen atoms in total. The van der Waals surface area contributed by atoms with E-state index in [1.807, 2.05) is 30.5 Å². The third-order valence-electron chi connectivity index (χ3n) is 8.64. The normalized spacial score (nSPS) is 16.1. The molecule has 0 saturated heterocycles. The second kappa shape index (κ2) is 8.53. The molecule has 4 heteroatoms. The first-order chi connectivity index (χ1) is 19.1. The van der Waals surface area contributed by atoms with Gasteiger partial charge in [-0.25, -0.2) is 8.78 Å². The van der Waals surface area contributed by atoms with Gasteiger partial charge in [-0.3, -0.25) is 9.97 Å². The maximum Gasteiger partial charge on any atom is 0.126 e. The van der Waals surface area contributed by atoms with E-state index < -0.39 is 11.6 Å². The Morgan fingerprint density at radius 1 is 0.525 bits per heavy atom. The van der Waals surface area contributed by atoms with Gasteiger partial charge in [0.1, 0.15) is 11.6 Å². The maximum absolute atomic E-state index is 13.7. The molecule has 40 heavy (non-hydrogen) atoms. The number of hydrogen-bond donors (Lipinski definition) is 0. The molecule has 2 aromatic heterocycles. The van der Waals surface area contributed by atoms with Gasteiger partial charge in [0.15, 0.2) is 0 Å². The topological polar surface area (TPSA) is 25.8 Å². The molecule has 2 aliphatic rings. The number of pyridine rings is 2. The molecule has 2 heterocycles. The highest BCUT2D eigenvalue weighted by Crippen LogP contribution is 2.63. The Bertz CT molecular complexity index is 1830. The zero-order valence-corrected chi connectivity index (χ0v) is 22.9. The van der Waals surface area contributed by atoms with E-state index in [-0.39, 0.29) is 10.8 Å². The molecule has 0 atom stereocenters. The molecule has 0 unspecified atom stereocenters. The number of fused-ring (bicyclic) bond motifs is 4. The number of benzene rings is 3. The molecule has 196 valence electrons. The lowest BCUT2D eigenvalue weighted by molar-refractivity contribution is 0.584. The molecule has 2 aliphatic carbocycles. The number of halogens is 2. The second-order valence-electron chi connectivity index (χ2n) is 11.8. The first-order valence-electron chi connectivity index (χ1n) is 13.5. The van der Waals surface area contributed by atoms with Crippen molar-refractivity contribution in [3.63, 3.8) is 0 Å². The summed E-state index contributed by atoms with van der Waals surface area (Å²) in [6, 6.07) is 26.7. The number of hydrogen-bond acceptors (Lipinski definition) is 2. The quantitative estimate of drug-likeness (QED) is 0.234. The van der Waals surface area contributed by atoms with Crippen molar-refractivity contribution in [2.75, 3.05) is 0 Å². The SMILES string of the molecule is CC1(C)C2=C(c3ccc(-c4ccccn4)cc31)C(C)(C)c1cc(-c3ccc(-c4cc(F)cc(F)c4)cn3)ccc12. The highest BCUT2D eigenvalue weighted by molar-refractivity contribution is 6.10. The minimum atomic E-state index is -0.599. The summed E-state index contributed by atoms with van der Waals surface area (Å²) in [4.78, 5) is 9.24. The van der Waals surface area contributed by atoms with E-state index in [0.717, 1.165) is 28.6 Å². The van der Waals surface area contributed by atoms with Gasteiger partial charge in [0, 0.05) is 46.0 Å². The molecular formula is C36H28F2N2. The van der Waals surface area contributed by atoms with Gasteiger partial charge in [-0.1, -0.05) is 64.1 Å². The van der Waals surface area contributed by atoms with Crippen LogP contribution in [-0.2, 0) is 10.8 Å². The monoisotopic (exact) mass is 526 g/mol. The average molecular weight is 527 g/mol. The summed E-state index contributed by atoms with van der Waals surface area (Å²) < 4.78 is 27.5. The lowest BCUT2D eigenvalue weighted by Crippen LogP contribution is -2.19. The molecule has 0 spiro atoms. The zero-order valence-electron chi connectivity index (χ0n) is 22.9. The summed E-state index contributed by atoms with van der Waals surface area (Å²) in [7, 11) is 0. The van der Waals surface area contributed by atoms with Crippen LogP contribution < -0.4 is 0 Å². The number of nitrogens with zero attached hydrogens (tertiary/aromatic N) is 2. The molecule has 0 amide bonds. The van der Waals surface area contributed by atoms with Crippen LogP contribution in [0.1, 0.15) is 49.9 Å². The van der Waals surface area contributed by atoms with Crippen molar-refractivity contribution in [3.05, 3.63) is 131 Å². The van der Waals surface area contributed by atoms with E-state index in [2.05, 4.69) is 80.1 Å². The average Bonchev–Trinajstić information content (AvgIpc) is 3.34. The number of rotatable bonds is 3. The molecular weight excluding hydrogens is 498 g/mol. The van der Waals surface area contributed by atoms with E-state index in [4.69, 9.17) is 0 Å². The Labute approximate surface area is 233 Å². The van der Waals surface area contributed by atoms with Crippen LogP contribution >= 0.6 is 0 Å². The zero-order chi connectivity index (χ0) is 27.8. The Morgan fingerprint density at radius 2 is 1.07 bits per heavy atom. The lowest BCUT2D eigenvalue weighted by Gasteiger charge is -2.28. The third-order valence-corrected chi connectivity index (χ3v) is 8.64. The van der Waals surface area contributed by atoms with Crippen LogP contribution in [0.4, 0.5) is 8.78 Å². The molecule has 7 rings (SSSR count). The van der Waals surface area contributed by atoms with Crippen molar-refractivity contribution in [1.29, 1.82) is 0 Å². The number of allylic oxidation sites excluding steroid dienone is 2. The third kappa shape index (κ3) is 3.59. The molecule has 3 aromatic carbocycles. The van der Waals surface area contributed by atoms with Crippen LogP contribution in [0, 0.1) is 11.6 Å². The molecule has 0 radical (unpaired) electrons. The van der Waals surface area contributed by atoms with Crippen LogP contribution in [0.15, 0.2) is 97.3 Å². The smallest absolute Gasteiger partial charge is 0.126 e. The van der Waals surface area contributed by atoms with Crippen molar-refractivity contribution in [2.24, 2.45) is 0 Å². The largest absolute Gasteiger partial charge is 0.256 e. The van der Waals surface area contributed by atoms with E-state index in [9.17, 15) is 8.78 Å². The molecule has 5 aromatic rings. The van der Waals surface area contributed by atoms with Gasteiger partial charge < -0.3 is 0 Å². The van der Waals surface area contributed by atoms with Crippen LogP contribution in [0.5, 0.6) is 0 Å². The maximum atomic E-state index is 13.7. The first-order valence-corrected chi connectivity index (χ1v) is 13.5. The fourth-order valence-corrected chi connectivity index (χ4v) is 6.70. The van der Waals surface area contributed by atoms with Gasteiger partial charge in [-0.15, -0.1) is 0 Å². The second-order valence-corrected chi connectivity index (χ2v) is 11.8. The summed E-state index contributed by atoms with van der Waals surface area (Å²) >= 11 is 0. The van der Waals surface area contributed by atoms with Crippen molar-refractivity contribution < 1.29 is 8.78 Å². The van der Waals surface area contributed by atoms with Gasteiger partial charge in [0.2, 0.25) is 0 Å². The van der Waals surface area contributed by atoms with Gasteiger partial charge in [-0.2, -0.15) is 0 Å². The summed E-state index contributed by atoms with van der Waals surface area (Å²) in [5, 5.41) is 0. The Hall–Kier alpha value is -4.44. The minimum absolute atomic E-state index is 0.153. The van der Waals surface area contributed by atoms with E-state index in [1.165, 1.54) is 45.5 Å². The van der Waals surface area contributed by atoms with Gasteiger partial charge in [0.05, 0.1) is 11.4 Å². The minimum Gasteiger partial charge on any atom is -0.256 e. The van der Waals surface area contributed by atoms with Crippen LogP contribution in [0.25, 0.3) is 44.8 Å². The Kier molecular flexibility index (Phi) is 5.24. The molecule has 0 saturated carbocycles. The standard InChI is InChI=1S/C36H28F2N2/c1-35(2)29-17-21(31-7-5-6-14-39-31)8-11-27(29)33-34(35)28-12-9-22(18-30(28)36(33,3)4)32-13-10-23(20-40-32)24-15-25(37)19-26(38)16-24/h5-20H,1-4H3. The van der Waals surface area contributed by atoms with E-state index in [1.54, 1.807) is 6.20 Å². The van der Waals surface area contributed by atoms with Gasteiger partial charge in [0.25, 0.3) is 0 Å². The first kappa shape index (κ1) is 24.6. The Balaban J connectivity index is 1.27. The highest BCUT2D eigenvalue weighted by atomic mass is 19.1. The Morgan fingerprint density at radius 3 is 1.57 bits per heavy atom. The predicted molar refractivity (Wildman–Crippen MR) is 158 cm³/mol. The molecule has 0 bridgehead atoms. The lowest BCUT2D eigenvalue weighted by atomic mass is 9.75. The highest BCUT2D eigenvalue weighted by Gasteiger charge is 2.49. The van der Waals surface area contributed by atoms with Crippen LogP contribution in [0.3, 0.4) is 0 Å². The van der Waals surface area contributed by atoms with Crippen molar-refractivity contribution >= 4 is 11.1 Å². The molecule has 0 aliphatic heterocycles. The van der Waals surface area contributed by atoms with Crippen molar-refractivity contribution in [1.82, 2.24) is 9.97 Å². The summed E-state index contributed by atoms with van der Waals surface area (Å²) in [5.74, 6) is -1.20. The fraction of sp³-hybridized carbons (Fsp3) is 0.167. The summed E-state index contributed by atoms with van der Waals surface area (Å²) in [6.45, 7) is 9.27. The predicted octanol–water partition coefficient (Wildman–Crippen LogP) is 9.25. The molecule has 0 N–H and O–H groups in total. The summed E-state index contributed by atoms with van der Waals surface area (Å²) in [5.41, 5.74) is 12.8. The van der Waals surface area contributed by atoms with Gasteiger partial charge in [-0.05, 0) is 81.4 Å². The molecule has 0 fully saturated rings. The van der Waals surface area contributed by atoms with E-state index in [0.29, 0.717) is 11.1 Å². The van der Waals surface area contributed by atoms with E-state index >= 15 is 0 Å². The van der Waals surface area contributed by atoms with Crippen LogP contribution in [0.2, 0.25) is 0 Å².